The van der Waals surface area contributed by atoms with Crippen molar-refractivity contribution in [3.63, 3.8) is 0 Å². The molecule has 0 aliphatic carbocycles. The van der Waals surface area contributed by atoms with Gasteiger partial charge in [0.25, 0.3) is 0 Å². The molecular weight excluding hydrogens is 624 g/mol. The van der Waals surface area contributed by atoms with Gasteiger partial charge in [0.1, 0.15) is 13.2 Å². The molecule has 1 unspecified atom stereocenters. The summed E-state index contributed by atoms with van der Waals surface area (Å²) >= 11 is 0. The third-order valence-corrected chi connectivity index (χ3v) is 8.29. The van der Waals surface area contributed by atoms with E-state index in [1.807, 2.05) is 0 Å². The van der Waals surface area contributed by atoms with Crippen LogP contribution in [-0.2, 0) is 28.6 Å². The molecule has 50 heavy (non-hydrogen) atoms. The highest BCUT2D eigenvalue weighted by Gasteiger charge is 2.19. The molecule has 0 aromatic carbocycles. The third kappa shape index (κ3) is 36.4. The fourth-order valence-corrected chi connectivity index (χ4v) is 5.24. The Morgan fingerprint density at radius 1 is 0.420 bits per heavy atom. The van der Waals surface area contributed by atoms with E-state index in [1.54, 1.807) is 0 Å². The smallest absolute Gasteiger partial charge is 0.306 e. The molecule has 0 N–H and O–H groups in total. The second kappa shape index (κ2) is 38.9. The Balaban J connectivity index is 4.38. The Hall–Kier alpha value is -2.89. The molecule has 0 saturated carbocycles. The molecule has 0 amide bonds. The number of esters is 3. The second-order valence-corrected chi connectivity index (χ2v) is 13.2. The number of hydrogen-bond acceptors (Lipinski definition) is 6. The van der Waals surface area contributed by atoms with Crippen LogP contribution in [0, 0.1) is 0 Å². The van der Waals surface area contributed by atoms with Gasteiger partial charge in [-0.15, -0.1) is 0 Å². The molecule has 0 aromatic heterocycles. The van der Waals surface area contributed by atoms with Crippen molar-refractivity contribution in [3.05, 3.63) is 60.8 Å². The number of hydrogen-bond donors (Lipinski definition) is 0. The summed E-state index contributed by atoms with van der Waals surface area (Å²) < 4.78 is 16.5. The van der Waals surface area contributed by atoms with Gasteiger partial charge in [0, 0.05) is 19.3 Å². The summed E-state index contributed by atoms with van der Waals surface area (Å²) in [6.45, 7) is 6.36. The highest BCUT2D eigenvalue weighted by Crippen LogP contribution is 2.12. The van der Waals surface area contributed by atoms with Crippen LogP contribution >= 0.6 is 0 Å². The number of rotatable bonds is 35. The molecule has 6 heteroatoms. The predicted molar refractivity (Wildman–Crippen MR) is 210 cm³/mol. The van der Waals surface area contributed by atoms with Gasteiger partial charge >= 0.3 is 17.9 Å². The molecule has 6 nitrogen and oxygen atoms in total. The lowest BCUT2D eigenvalue weighted by Gasteiger charge is -2.18. The quantitative estimate of drug-likeness (QED) is 0.0284. The summed E-state index contributed by atoms with van der Waals surface area (Å²) in [4.78, 5) is 37.3. The fourth-order valence-electron chi connectivity index (χ4n) is 5.24. The van der Waals surface area contributed by atoms with Gasteiger partial charge in [-0.2, -0.15) is 0 Å². The van der Waals surface area contributed by atoms with Crippen molar-refractivity contribution in [3.8, 4) is 0 Å². The highest BCUT2D eigenvalue weighted by atomic mass is 16.6. The van der Waals surface area contributed by atoms with E-state index in [0.717, 1.165) is 77.0 Å². The van der Waals surface area contributed by atoms with Crippen molar-refractivity contribution in [1.29, 1.82) is 0 Å². The minimum atomic E-state index is -0.788. The van der Waals surface area contributed by atoms with Crippen LogP contribution in [0.3, 0.4) is 0 Å². The summed E-state index contributed by atoms with van der Waals surface area (Å²) in [6, 6.07) is 0. The van der Waals surface area contributed by atoms with Crippen LogP contribution in [0.1, 0.15) is 181 Å². The molecule has 0 saturated heterocycles. The highest BCUT2D eigenvalue weighted by molar-refractivity contribution is 5.71. The van der Waals surface area contributed by atoms with E-state index in [0.29, 0.717) is 19.3 Å². The van der Waals surface area contributed by atoms with Gasteiger partial charge < -0.3 is 14.2 Å². The molecule has 286 valence electrons. The average Bonchev–Trinajstić information content (AvgIpc) is 3.11. The van der Waals surface area contributed by atoms with Gasteiger partial charge in [-0.1, -0.05) is 165 Å². The van der Waals surface area contributed by atoms with Crippen LogP contribution in [0.4, 0.5) is 0 Å². The third-order valence-electron chi connectivity index (χ3n) is 8.29. The normalized spacial score (nSPS) is 12.6. The first-order chi connectivity index (χ1) is 24.5. The van der Waals surface area contributed by atoms with Gasteiger partial charge in [-0.05, 0) is 57.8 Å². The van der Waals surface area contributed by atoms with Gasteiger partial charge in [-0.25, -0.2) is 0 Å². The molecule has 0 heterocycles. The maximum Gasteiger partial charge on any atom is 0.306 e. The number of carbonyl (C=O) groups excluding carboxylic acids is 3. The van der Waals surface area contributed by atoms with Gasteiger partial charge in [-0.3, -0.25) is 14.4 Å². The summed E-state index contributed by atoms with van der Waals surface area (Å²) in [5.41, 5.74) is 0. The predicted octanol–water partition coefficient (Wildman–Crippen LogP) is 12.6. The van der Waals surface area contributed by atoms with E-state index in [9.17, 15) is 14.4 Å². The van der Waals surface area contributed by atoms with Crippen LogP contribution in [0.5, 0.6) is 0 Å². The van der Waals surface area contributed by atoms with E-state index in [4.69, 9.17) is 14.2 Å². The molecule has 0 radical (unpaired) electrons. The maximum absolute atomic E-state index is 12.6. The van der Waals surface area contributed by atoms with Crippen LogP contribution < -0.4 is 0 Å². The van der Waals surface area contributed by atoms with E-state index >= 15 is 0 Å². The Kier molecular flexibility index (Phi) is 36.7. The molecule has 0 bridgehead atoms. The number of allylic oxidation sites excluding steroid dienone is 10. The molecule has 0 aliphatic heterocycles. The first kappa shape index (κ1) is 47.1. The minimum absolute atomic E-state index is 0.0918. The van der Waals surface area contributed by atoms with Crippen LogP contribution in [0.15, 0.2) is 60.8 Å². The van der Waals surface area contributed by atoms with Crippen molar-refractivity contribution >= 4 is 17.9 Å². The topological polar surface area (TPSA) is 78.9 Å². The standard InChI is InChI=1S/C44H74O6/c1-4-7-10-13-16-18-19-20-21-22-23-24-25-27-28-31-34-37-43(46)49-40-41(39-48-42(45)36-33-30-15-12-9-6-3)50-44(47)38-35-32-29-26-17-14-11-8-5-2/h7,10,16,18,20-21,23-24,27-28,41H,4-6,8-9,11-15,17,19,22,25-26,29-40H2,1-3H3/b10-7-,18-16-,21-20-,24-23-,28-27-. The molecule has 0 spiro atoms. The zero-order chi connectivity index (χ0) is 36.6. The maximum atomic E-state index is 12.6. The van der Waals surface area contributed by atoms with Crippen molar-refractivity contribution in [2.45, 2.75) is 187 Å². The summed E-state index contributed by atoms with van der Waals surface area (Å²) in [5, 5.41) is 0. The lowest BCUT2D eigenvalue weighted by Crippen LogP contribution is -2.30. The molecule has 0 fully saturated rings. The number of carbonyl (C=O) groups is 3. The molecule has 0 rings (SSSR count). The Morgan fingerprint density at radius 2 is 0.780 bits per heavy atom. The van der Waals surface area contributed by atoms with Crippen molar-refractivity contribution in [1.82, 2.24) is 0 Å². The first-order valence-electron chi connectivity index (χ1n) is 20.3. The summed E-state index contributed by atoms with van der Waals surface area (Å²) in [7, 11) is 0. The largest absolute Gasteiger partial charge is 0.462 e. The monoisotopic (exact) mass is 699 g/mol. The number of ether oxygens (including phenoxy) is 3. The van der Waals surface area contributed by atoms with Crippen molar-refractivity contribution < 1.29 is 28.6 Å². The Morgan fingerprint density at radius 3 is 1.22 bits per heavy atom. The molecule has 0 aliphatic rings. The van der Waals surface area contributed by atoms with E-state index in [1.165, 1.54) is 57.8 Å². The van der Waals surface area contributed by atoms with Crippen LogP contribution in [-0.4, -0.2) is 37.2 Å². The van der Waals surface area contributed by atoms with E-state index < -0.39 is 6.10 Å². The molecule has 1 atom stereocenters. The SMILES string of the molecule is CC/C=C\C/C=C\C/C=C\C/C=C\C/C=C\CCCC(=O)OCC(COC(=O)CCCCCCCC)OC(=O)CCCCCCCCCCC. The van der Waals surface area contributed by atoms with E-state index in [2.05, 4.69) is 81.5 Å². The Labute approximate surface area is 307 Å². The lowest BCUT2D eigenvalue weighted by molar-refractivity contribution is -0.167. The summed E-state index contributed by atoms with van der Waals surface area (Å²) in [5.74, 6) is -0.973. The van der Waals surface area contributed by atoms with Gasteiger partial charge in [0.15, 0.2) is 6.10 Å². The van der Waals surface area contributed by atoms with Crippen molar-refractivity contribution in [2.24, 2.45) is 0 Å². The zero-order valence-electron chi connectivity index (χ0n) is 32.4. The van der Waals surface area contributed by atoms with Gasteiger partial charge in [0.2, 0.25) is 0 Å². The Bertz CT molecular complexity index is 944. The second-order valence-electron chi connectivity index (χ2n) is 13.2. The molecule has 0 aromatic rings. The van der Waals surface area contributed by atoms with Gasteiger partial charge in [0.05, 0.1) is 0 Å². The van der Waals surface area contributed by atoms with Crippen LogP contribution in [0.2, 0.25) is 0 Å². The van der Waals surface area contributed by atoms with Crippen molar-refractivity contribution in [2.75, 3.05) is 13.2 Å². The number of unbranched alkanes of at least 4 members (excludes halogenated alkanes) is 14. The first-order valence-corrected chi connectivity index (χ1v) is 20.3. The fraction of sp³-hybridized carbons (Fsp3) is 0.705. The average molecular weight is 699 g/mol. The van der Waals surface area contributed by atoms with Crippen LogP contribution in [0.25, 0.3) is 0 Å². The molecular formula is C44H74O6. The summed E-state index contributed by atoms with van der Waals surface area (Å²) in [6.07, 6.45) is 45.2. The van der Waals surface area contributed by atoms with E-state index in [-0.39, 0.29) is 37.5 Å². The minimum Gasteiger partial charge on any atom is -0.462 e. The lowest BCUT2D eigenvalue weighted by atomic mass is 10.1. The zero-order valence-corrected chi connectivity index (χ0v) is 32.4.